The number of hydrogen-bond donors (Lipinski definition) is 1. The zero-order valence-electron chi connectivity index (χ0n) is 14.9. The van der Waals surface area contributed by atoms with Crippen LogP contribution in [0.4, 0.5) is 5.69 Å². The average Bonchev–Trinajstić information content (AvgIpc) is 3.06. The second kappa shape index (κ2) is 8.58. The van der Waals surface area contributed by atoms with Crippen molar-refractivity contribution in [1.82, 2.24) is 0 Å². The monoisotopic (exact) mass is 401 g/mol. The molecule has 1 N–H and O–H groups in total. The first-order valence-corrected chi connectivity index (χ1v) is 8.63. The number of hydrogen-bond acceptors (Lipinski definition) is 7. The molecule has 1 aliphatic rings. The molecule has 2 aromatic carbocycles. The number of Topliss-reactive ketones (excluding diaryl/α,β-unsaturated/α-hetero) is 2. The molecule has 0 unspecified atom stereocenters. The van der Waals surface area contributed by atoms with Crippen LogP contribution in [0.3, 0.4) is 0 Å². The number of methoxy groups -OCH3 is 1. The van der Waals surface area contributed by atoms with Gasteiger partial charge in [0.25, 0.3) is 0 Å². The minimum Gasteiger partial charge on any atom is -0.495 e. The molecule has 2 aromatic rings. The van der Waals surface area contributed by atoms with Crippen molar-refractivity contribution in [2.45, 2.75) is 0 Å². The molecule has 8 heteroatoms. The van der Waals surface area contributed by atoms with E-state index >= 15 is 0 Å². The molecule has 0 spiro atoms. The van der Waals surface area contributed by atoms with Crippen LogP contribution in [-0.2, 0) is 19.1 Å². The number of ether oxygens (including phenoxy) is 3. The molecule has 0 amide bonds. The normalized spacial score (nSPS) is 13.1. The van der Waals surface area contributed by atoms with Gasteiger partial charge in [0.2, 0.25) is 11.7 Å². The summed E-state index contributed by atoms with van der Waals surface area (Å²) in [5.41, 5.74) is 0.634. The van der Waals surface area contributed by atoms with E-state index in [-0.39, 0.29) is 28.6 Å². The van der Waals surface area contributed by atoms with Gasteiger partial charge in [0.05, 0.1) is 12.1 Å². The van der Waals surface area contributed by atoms with Gasteiger partial charge in [-0.1, -0.05) is 29.8 Å². The lowest BCUT2D eigenvalue weighted by Crippen LogP contribution is -2.20. The molecule has 1 aliphatic heterocycles. The van der Waals surface area contributed by atoms with Crippen molar-refractivity contribution >= 4 is 34.8 Å². The molecule has 0 atom stereocenters. The Morgan fingerprint density at radius 3 is 2.61 bits per heavy atom. The topological polar surface area (TPSA) is 90.9 Å². The molecule has 0 radical (unpaired) electrons. The van der Waals surface area contributed by atoms with Crippen molar-refractivity contribution in [3.8, 4) is 5.75 Å². The van der Waals surface area contributed by atoms with E-state index in [9.17, 15) is 14.4 Å². The number of anilines is 1. The molecule has 0 bridgehead atoms. The van der Waals surface area contributed by atoms with Gasteiger partial charge in [-0.2, -0.15) is 0 Å². The van der Waals surface area contributed by atoms with Crippen LogP contribution in [-0.4, -0.2) is 37.9 Å². The highest BCUT2D eigenvalue weighted by atomic mass is 35.5. The van der Waals surface area contributed by atoms with Crippen LogP contribution >= 0.6 is 11.6 Å². The number of carbonyl (C=O) groups excluding carboxylic acids is 3. The standard InChI is InChI=1S/C20H16ClNO6/c1-26-17-8-7-12(9-14(17)21)15(23)10-28-20(25)18-16(24)11-27-19(18)22-13-5-3-2-4-6-13/h2-9,22H,10-11H2,1H3. The molecule has 28 heavy (non-hydrogen) atoms. The first-order chi connectivity index (χ1) is 13.5. The molecule has 7 nitrogen and oxygen atoms in total. The first-order valence-electron chi connectivity index (χ1n) is 8.26. The van der Waals surface area contributed by atoms with Crippen molar-refractivity contribution in [1.29, 1.82) is 0 Å². The number of rotatable bonds is 7. The predicted molar refractivity (Wildman–Crippen MR) is 101 cm³/mol. The van der Waals surface area contributed by atoms with Gasteiger partial charge in [-0.3, -0.25) is 9.59 Å². The van der Waals surface area contributed by atoms with Gasteiger partial charge in [0.15, 0.2) is 24.6 Å². The van der Waals surface area contributed by atoms with Crippen LogP contribution in [0, 0.1) is 0 Å². The molecular weight excluding hydrogens is 386 g/mol. The molecule has 0 saturated heterocycles. The van der Waals surface area contributed by atoms with Crippen molar-refractivity contribution < 1.29 is 28.6 Å². The summed E-state index contributed by atoms with van der Waals surface area (Å²) >= 11 is 5.99. The van der Waals surface area contributed by atoms with E-state index in [0.29, 0.717) is 11.4 Å². The lowest BCUT2D eigenvalue weighted by Gasteiger charge is -2.09. The lowest BCUT2D eigenvalue weighted by molar-refractivity contribution is -0.139. The Hall–Kier alpha value is -3.32. The maximum absolute atomic E-state index is 12.3. The van der Waals surface area contributed by atoms with E-state index < -0.39 is 24.1 Å². The smallest absolute Gasteiger partial charge is 0.347 e. The Morgan fingerprint density at radius 1 is 1.18 bits per heavy atom. The van der Waals surface area contributed by atoms with Crippen LogP contribution in [0.1, 0.15) is 10.4 Å². The van der Waals surface area contributed by atoms with Crippen LogP contribution in [0.25, 0.3) is 0 Å². The van der Waals surface area contributed by atoms with E-state index in [1.54, 1.807) is 24.3 Å². The minimum absolute atomic E-state index is 0.00106. The Kier molecular flexibility index (Phi) is 5.96. The third-order valence-electron chi connectivity index (χ3n) is 3.90. The molecule has 1 heterocycles. The molecule has 0 aromatic heterocycles. The Bertz CT molecular complexity index is 954. The Morgan fingerprint density at radius 2 is 1.93 bits per heavy atom. The molecule has 0 fully saturated rings. The maximum Gasteiger partial charge on any atom is 0.347 e. The third kappa shape index (κ3) is 4.32. The second-order valence-corrected chi connectivity index (χ2v) is 6.16. The number of halogens is 1. The molecule has 3 rings (SSSR count). The van der Waals surface area contributed by atoms with E-state index in [1.807, 2.05) is 6.07 Å². The summed E-state index contributed by atoms with van der Waals surface area (Å²) in [4.78, 5) is 36.6. The van der Waals surface area contributed by atoms with Crippen LogP contribution < -0.4 is 10.1 Å². The van der Waals surface area contributed by atoms with E-state index in [4.69, 9.17) is 25.8 Å². The number of ketones is 2. The first kappa shape index (κ1) is 19.4. The van der Waals surface area contributed by atoms with Crippen molar-refractivity contribution in [3.63, 3.8) is 0 Å². The predicted octanol–water partition coefficient (Wildman–Crippen LogP) is 3.00. The zero-order valence-corrected chi connectivity index (χ0v) is 15.6. The van der Waals surface area contributed by atoms with Gasteiger partial charge in [-0.15, -0.1) is 0 Å². The summed E-state index contributed by atoms with van der Waals surface area (Å²) in [6, 6.07) is 13.4. The number of nitrogens with one attached hydrogen (secondary N) is 1. The van der Waals surface area contributed by atoms with E-state index in [1.165, 1.54) is 25.3 Å². The third-order valence-corrected chi connectivity index (χ3v) is 4.19. The van der Waals surface area contributed by atoms with Crippen molar-refractivity contribution in [2.24, 2.45) is 0 Å². The molecule has 0 saturated carbocycles. The summed E-state index contributed by atoms with van der Waals surface area (Å²) in [5.74, 6) is -1.51. The number of para-hydroxylation sites is 1. The van der Waals surface area contributed by atoms with Gasteiger partial charge < -0.3 is 19.5 Å². The number of benzene rings is 2. The quantitative estimate of drug-likeness (QED) is 0.433. The fourth-order valence-electron chi connectivity index (χ4n) is 2.49. The second-order valence-electron chi connectivity index (χ2n) is 5.76. The summed E-state index contributed by atoms with van der Waals surface area (Å²) in [7, 11) is 1.46. The summed E-state index contributed by atoms with van der Waals surface area (Å²) in [5, 5.41) is 3.12. The lowest BCUT2D eigenvalue weighted by atomic mass is 10.1. The molecule has 144 valence electrons. The summed E-state index contributed by atoms with van der Waals surface area (Å²) in [6.45, 7) is -0.821. The van der Waals surface area contributed by atoms with Crippen LogP contribution in [0.5, 0.6) is 5.75 Å². The van der Waals surface area contributed by atoms with Gasteiger partial charge in [-0.25, -0.2) is 4.79 Å². The van der Waals surface area contributed by atoms with Gasteiger partial charge in [0, 0.05) is 11.3 Å². The fourth-order valence-corrected chi connectivity index (χ4v) is 2.75. The zero-order chi connectivity index (χ0) is 20.1. The number of esters is 1. The number of carbonyl (C=O) groups is 3. The average molecular weight is 402 g/mol. The van der Waals surface area contributed by atoms with Crippen LogP contribution in [0.2, 0.25) is 5.02 Å². The molecular formula is C20H16ClNO6. The Balaban J connectivity index is 1.68. The van der Waals surface area contributed by atoms with E-state index in [2.05, 4.69) is 5.32 Å². The van der Waals surface area contributed by atoms with E-state index in [0.717, 1.165) is 0 Å². The largest absolute Gasteiger partial charge is 0.495 e. The van der Waals surface area contributed by atoms with Gasteiger partial charge in [0.1, 0.15) is 5.75 Å². The highest BCUT2D eigenvalue weighted by Gasteiger charge is 2.33. The highest BCUT2D eigenvalue weighted by Crippen LogP contribution is 2.25. The van der Waals surface area contributed by atoms with Gasteiger partial charge >= 0.3 is 5.97 Å². The summed E-state index contributed by atoms with van der Waals surface area (Å²) in [6.07, 6.45) is 0. The van der Waals surface area contributed by atoms with Gasteiger partial charge in [-0.05, 0) is 30.3 Å². The summed E-state index contributed by atoms with van der Waals surface area (Å²) < 4.78 is 15.3. The van der Waals surface area contributed by atoms with Crippen molar-refractivity contribution in [3.05, 3.63) is 70.6 Å². The Labute approximate surface area is 165 Å². The maximum atomic E-state index is 12.3. The fraction of sp³-hybridized carbons (Fsp3) is 0.150. The minimum atomic E-state index is -0.936. The highest BCUT2D eigenvalue weighted by molar-refractivity contribution is 6.32. The van der Waals surface area contributed by atoms with Crippen LogP contribution in [0.15, 0.2) is 60.0 Å². The SMILES string of the molecule is COc1ccc(C(=O)COC(=O)C2=C(Nc3ccccc3)OCC2=O)cc1Cl. The molecule has 0 aliphatic carbocycles. The van der Waals surface area contributed by atoms with Crippen molar-refractivity contribution in [2.75, 3.05) is 25.6 Å².